The van der Waals surface area contributed by atoms with Gasteiger partial charge in [0.15, 0.2) is 5.76 Å². The Morgan fingerprint density at radius 3 is 2.60 bits per heavy atom. The van der Waals surface area contributed by atoms with Crippen LogP contribution in [0.3, 0.4) is 0 Å². The van der Waals surface area contributed by atoms with Crippen LogP contribution < -0.4 is 5.32 Å². The van der Waals surface area contributed by atoms with Crippen LogP contribution in [-0.2, 0) is 17.8 Å². The minimum Gasteiger partial charge on any atom is -0.463 e. The van der Waals surface area contributed by atoms with Crippen LogP contribution in [0.1, 0.15) is 61.5 Å². The van der Waals surface area contributed by atoms with Crippen molar-refractivity contribution in [3.63, 3.8) is 0 Å². The van der Waals surface area contributed by atoms with E-state index in [4.69, 9.17) is 16.0 Å². The lowest BCUT2D eigenvalue weighted by atomic mass is 9.93. The standard InChI is InChI=1S/C27H31ClN4O3/c1-27(26(34)29-21-7-4-2-3-5-8-21)18-32-23(17-22(30-32)24-9-6-16-35-24)25(33)31(27)15-14-19-10-12-20(28)13-11-19/h6,9-13,16-17,21H,2-5,7-8,14-15,18H2,1H3,(H,29,34)/t27-/m0/s1. The molecule has 2 amide bonds. The molecule has 1 fully saturated rings. The van der Waals surface area contributed by atoms with Crippen LogP contribution in [0.2, 0.25) is 5.02 Å². The molecule has 184 valence electrons. The maximum Gasteiger partial charge on any atom is 0.273 e. The summed E-state index contributed by atoms with van der Waals surface area (Å²) in [5.41, 5.74) is 1.05. The first-order valence-electron chi connectivity index (χ1n) is 12.4. The highest BCUT2D eigenvalue weighted by Crippen LogP contribution is 2.31. The molecule has 0 bridgehead atoms. The second-order valence-electron chi connectivity index (χ2n) is 9.82. The number of benzene rings is 1. The van der Waals surface area contributed by atoms with Crippen LogP contribution in [0.15, 0.2) is 53.1 Å². The summed E-state index contributed by atoms with van der Waals surface area (Å²) in [6, 6.07) is 13.1. The van der Waals surface area contributed by atoms with Crippen molar-refractivity contribution in [2.75, 3.05) is 6.54 Å². The third kappa shape index (κ3) is 4.87. The number of aromatic nitrogens is 2. The molecule has 1 N–H and O–H groups in total. The van der Waals surface area contributed by atoms with Gasteiger partial charge >= 0.3 is 0 Å². The van der Waals surface area contributed by atoms with Crippen molar-refractivity contribution in [1.82, 2.24) is 20.0 Å². The first-order chi connectivity index (χ1) is 16.9. The predicted molar refractivity (Wildman–Crippen MR) is 134 cm³/mol. The molecule has 35 heavy (non-hydrogen) atoms. The smallest absolute Gasteiger partial charge is 0.273 e. The molecule has 0 radical (unpaired) electrons. The zero-order chi connectivity index (χ0) is 24.4. The van der Waals surface area contributed by atoms with Crippen LogP contribution in [0.4, 0.5) is 0 Å². The first-order valence-corrected chi connectivity index (χ1v) is 12.8. The van der Waals surface area contributed by atoms with Crippen molar-refractivity contribution in [2.45, 2.75) is 70.0 Å². The van der Waals surface area contributed by atoms with Crippen LogP contribution in [0.5, 0.6) is 0 Å². The summed E-state index contributed by atoms with van der Waals surface area (Å²) >= 11 is 6.04. The Labute approximate surface area is 210 Å². The summed E-state index contributed by atoms with van der Waals surface area (Å²) < 4.78 is 7.15. The molecule has 5 rings (SSSR count). The number of nitrogens with zero attached hydrogens (tertiary/aromatic N) is 3. The van der Waals surface area contributed by atoms with Gasteiger partial charge in [0.2, 0.25) is 5.91 Å². The molecule has 2 aliphatic rings. The molecule has 8 heteroatoms. The van der Waals surface area contributed by atoms with Gasteiger partial charge in [0, 0.05) is 23.7 Å². The fourth-order valence-electron chi connectivity index (χ4n) is 5.19. The second-order valence-corrected chi connectivity index (χ2v) is 10.3. The van der Waals surface area contributed by atoms with E-state index in [1.54, 1.807) is 28.0 Å². The summed E-state index contributed by atoms with van der Waals surface area (Å²) in [4.78, 5) is 29.3. The SMILES string of the molecule is C[C@@]1(C(=O)NC2CCCCCC2)Cn2nc(-c3ccco3)cc2C(=O)N1CCc1ccc(Cl)cc1. The van der Waals surface area contributed by atoms with Crippen molar-refractivity contribution < 1.29 is 14.0 Å². The largest absolute Gasteiger partial charge is 0.463 e. The van der Waals surface area contributed by atoms with Crippen molar-refractivity contribution in [3.05, 3.63) is 65.0 Å². The molecule has 3 aromatic rings. The second kappa shape index (κ2) is 9.90. The predicted octanol–water partition coefficient (Wildman–Crippen LogP) is 5.09. The van der Waals surface area contributed by atoms with Crippen molar-refractivity contribution in [2.24, 2.45) is 0 Å². The normalized spacial score (nSPS) is 21.0. The van der Waals surface area contributed by atoms with Crippen LogP contribution in [0, 0.1) is 0 Å². The van der Waals surface area contributed by atoms with Crippen molar-refractivity contribution in [3.8, 4) is 11.5 Å². The van der Waals surface area contributed by atoms with Crippen LogP contribution in [-0.4, -0.2) is 44.6 Å². The van der Waals surface area contributed by atoms with Gasteiger partial charge in [-0.15, -0.1) is 0 Å². The lowest BCUT2D eigenvalue weighted by molar-refractivity contribution is -0.133. The molecule has 7 nitrogen and oxygen atoms in total. The molecule has 0 spiro atoms. The number of carbonyl (C=O) groups is 2. The van der Waals surface area contributed by atoms with Gasteiger partial charge < -0.3 is 14.6 Å². The van der Waals surface area contributed by atoms with E-state index in [-0.39, 0.29) is 24.4 Å². The van der Waals surface area contributed by atoms with E-state index in [9.17, 15) is 9.59 Å². The highest BCUT2D eigenvalue weighted by molar-refractivity contribution is 6.30. The van der Waals surface area contributed by atoms with Gasteiger partial charge in [0.25, 0.3) is 5.91 Å². The zero-order valence-corrected chi connectivity index (χ0v) is 20.8. The summed E-state index contributed by atoms with van der Waals surface area (Å²) in [5.74, 6) is 0.278. The molecular formula is C27H31ClN4O3. The molecule has 0 unspecified atom stereocenters. The van der Waals surface area contributed by atoms with Gasteiger partial charge in [0.05, 0.1) is 12.8 Å². The molecule has 1 saturated carbocycles. The number of rotatable bonds is 6. The minimum absolute atomic E-state index is 0.116. The van der Waals surface area contributed by atoms with Gasteiger partial charge in [0.1, 0.15) is 16.9 Å². The number of amides is 2. The average molecular weight is 495 g/mol. The molecular weight excluding hydrogens is 464 g/mol. The lowest BCUT2D eigenvalue weighted by Gasteiger charge is -2.44. The Balaban J connectivity index is 1.44. The summed E-state index contributed by atoms with van der Waals surface area (Å²) in [7, 11) is 0. The number of furan rings is 1. The molecule has 1 aliphatic heterocycles. The number of hydrogen-bond donors (Lipinski definition) is 1. The Morgan fingerprint density at radius 2 is 1.91 bits per heavy atom. The average Bonchev–Trinajstić information content (AvgIpc) is 3.45. The highest BCUT2D eigenvalue weighted by Gasteiger charge is 2.48. The number of nitrogens with one attached hydrogen (secondary N) is 1. The molecule has 1 atom stereocenters. The van der Waals surface area contributed by atoms with E-state index in [0.29, 0.717) is 35.1 Å². The molecule has 2 aromatic heterocycles. The topological polar surface area (TPSA) is 80.4 Å². The maximum atomic E-state index is 13.8. The van der Waals surface area contributed by atoms with E-state index in [1.165, 1.54) is 12.8 Å². The Bertz CT molecular complexity index is 1180. The summed E-state index contributed by atoms with van der Waals surface area (Å²) in [6.07, 6.45) is 8.83. The molecule has 1 aliphatic carbocycles. The van der Waals surface area contributed by atoms with E-state index in [1.807, 2.05) is 37.3 Å². The number of carbonyl (C=O) groups excluding carboxylic acids is 2. The third-order valence-corrected chi connectivity index (χ3v) is 7.54. The maximum absolute atomic E-state index is 13.8. The third-order valence-electron chi connectivity index (χ3n) is 7.29. The lowest BCUT2D eigenvalue weighted by Crippen LogP contribution is -2.65. The molecule has 3 heterocycles. The van der Waals surface area contributed by atoms with E-state index < -0.39 is 5.54 Å². The Kier molecular flexibility index (Phi) is 6.69. The van der Waals surface area contributed by atoms with Crippen LogP contribution >= 0.6 is 11.6 Å². The molecule has 1 aromatic carbocycles. The van der Waals surface area contributed by atoms with Crippen molar-refractivity contribution in [1.29, 1.82) is 0 Å². The quantitative estimate of drug-likeness (QED) is 0.484. The van der Waals surface area contributed by atoms with Gasteiger partial charge in [-0.3, -0.25) is 14.3 Å². The highest BCUT2D eigenvalue weighted by atomic mass is 35.5. The first kappa shape index (κ1) is 23.7. The van der Waals surface area contributed by atoms with Gasteiger partial charge in [-0.25, -0.2) is 0 Å². The fourth-order valence-corrected chi connectivity index (χ4v) is 5.32. The Morgan fingerprint density at radius 1 is 1.17 bits per heavy atom. The Hall–Kier alpha value is -3.06. The number of halogens is 1. The number of fused-ring (bicyclic) bond motifs is 1. The minimum atomic E-state index is -1.06. The number of hydrogen-bond acceptors (Lipinski definition) is 4. The van der Waals surface area contributed by atoms with Gasteiger partial charge in [-0.1, -0.05) is 49.4 Å². The van der Waals surface area contributed by atoms with Gasteiger partial charge in [-0.2, -0.15) is 5.10 Å². The zero-order valence-electron chi connectivity index (χ0n) is 20.0. The van der Waals surface area contributed by atoms with E-state index in [2.05, 4.69) is 10.4 Å². The van der Waals surface area contributed by atoms with Gasteiger partial charge in [-0.05, 0) is 56.0 Å². The summed E-state index contributed by atoms with van der Waals surface area (Å²) in [6.45, 7) is 2.56. The monoisotopic (exact) mass is 494 g/mol. The van der Waals surface area contributed by atoms with E-state index in [0.717, 1.165) is 31.2 Å². The fraction of sp³-hybridized carbons (Fsp3) is 0.444. The summed E-state index contributed by atoms with van der Waals surface area (Å²) in [5, 5.41) is 8.58. The van der Waals surface area contributed by atoms with Crippen LogP contribution in [0.25, 0.3) is 11.5 Å². The molecule has 0 saturated heterocycles. The van der Waals surface area contributed by atoms with Crippen molar-refractivity contribution >= 4 is 23.4 Å². The van der Waals surface area contributed by atoms with E-state index >= 15 is 0 Å².